The fourth-order valence-corrected chi connectivity index (χ4v) is 1.77. The first-order valence-corrected chi connectivity index (χ1v) is 6.31. The van der Waals surface area contributed by atoms with E-state index in [0.29, 0.717) is 11.3 Å². The number of carboxylic acid groups (broad SMARTS) is 1. The highest BCUT2D eigenvalue weighted by atomic mass is 16.5. The number of nitriles is 1. The maximum Gasteiger partial charge on any atom is 0.341 e. The van der Waals surface area contributed by atoms with Gasteiger partial charge in [-0.25, -0.2) is 4.79 Å². The highest BCUT2D eigenvalue weighted by Crippen LogP contribution is 2.19. The standard InChI is InChI=1S/C17H13NO3/c18-11-15(14-4-2-1-3-5-14)10-13-6-8-16(9-7-13)21-12-17(19)20/h1-10H,12H2,(H,19,20)/b15-10-. The average molecular weight is 279 g/mol. The maximum absolute atomic E-state index is 10.4. The third kappa shape index (κ3) is 4.22. The number of carboxylic acids is 1. The van der Waals surface area contributed by atoms with E-state index in [2.05, 4.69) is 6.07 Å². The van der Waals surface area contributed by atoms with E-state index in [1.165, 1.54) is 0 Å². The van der Waals surface area contributed by atoms with Crippen molar-refractivity contribution in [1.82, 2.24) is 0 Å². The zero-order valence-electron chi connectivity index (χ0n) is 11.2. The zero-order valence-corrected chi connectivity index (χ0v) is 11.2. The Hall–Kier alpha value is -3.06. The number of hydrogen-bond acceptors (Lipinski definition) is 3. The summed E-state index contributed by atoms with van der Waals surface area (Å²) in [7, 11) is 0. The van der Waals surface area contributed by atoms with Crippen molar-refractivity contribution < 1.29 is 14.6 Å². The summed E-state index contributed by atoms with van der Waals surface area (Å²) in [5.41, 5.74) is 2.26. The first-order chi connectivity index (χ1) is 10.2. The van der Waals surface area contributed by atoms with Gasteiger partial charge in [-0.2, -0.15) is 5.26 Å². The van der Waals surface area contributed by atoms with Crippen LogP contribution >= 0.6 is 0 Å². The Morgan fingerprint density at radius 1 is 1.14 bits per heavy atom. The van der Waals surface area contributed by atoms with E-state index in [9.17, 15) is 10.1 Å². The SMILES string of the molecule is N#C/C(=C/c1ccc(OCC(=O)O)cc1)c1ccccc1. The first kappa shape index (κ1) is 14.4. The van der Waals surface area contributed by atoms with Crippen LogP contribution in [0.25, 0.3) is 11.6 Å². The van der Waals surface area contributed by atoms with Gasteiger partial charge in [0.1, 0.15) is 5.75 Å². The summed E-state index contributed by atoms with van der Waals surface area (Å²) in [4.78, 5) is 10.4. The normalized spacial score (nSPS) is 10.7. The number of hydrogen-bond donors (Lipinski definition) is 1. The highest BCUT2D eigenvalue weighted by molar-refractivity contribution is 5.89. The van der Waals surface area contributed by atoms with Gasteiger partial charge in [0, 0.05) is 0 Å². The zero-order chi connectivity index (χ0) is 15.1. The number of benzene rings is 2. The van der Waals surface area contributed by atoms with Gasteiger partial charge in [-0.05, 0) is 29.3 Å². The molecule has 0 aliphatic heterocycles. The molecule has 0 aromatic heterocycles. The van der Waals surface area contributed by atoms with E-state index in [0.717, 1.165) is 11.1 Å². The molecule has 0 aliphatic rings. The molecule has 2 aromatic carbocycles. The molecule has 0 aliphatic carbocycles. The predicted octanol–water partition coefficient (Wildman–Crippen LogP) is 3.21. The topological polar surface area (TPSA) is 70.3 Å². The van der Waals surface area contributed by atoms with Gasteiger partial charge in [0.15, 0.2) is 6.61 Å². The quantitative estimate of drug-likeness (QED) is 0.674. The second kappa shape index (κ2) is 6.92. The first-order valence-electron chi connectivity index (χ1n) is 6.31. The molecule has 4 heteroatoms. The van der Waals surface area contributed by atoms with Crippen molar-refractivity contribution >= 4 is 17.6 Å². The molecule has 0 amide bonds. The van der Waals surface area contributed by atoms with Crippen molar-refractivity contribution in [2.24, 2.45) is 0 Å². The van der Waals surface area contributed by atoms with Crippen LogP contribution in [0.4, 0.5) is 0 Å². The molecule has 0 fully saturated rings. The number of ether oxygens (including phenoxy) is 1. The molecule has 0 heterocycles. The van der Waals surface area contributed by atoms with E-state index in [4.69, 9.17) is 9.84 Å². The van der Waals surface area contributed by atoms with Gasteiger partial charge in [0.25, 0.3) is 0 Å². The number of carbonyl (C=O) groups is 1. The Bertz CT molecular complexity index is 682. The monoisotopic (exact) mass is 279 g/mol. The fraction of sp³-hybridized carbons (Fsp3) is 0.0588. The van der Waals surface area contributed by atoms with E-state index in [1.807, 2.05) is 30.3 Å². The second-order valence-corrected chi connectivity index (χ2v) is 4.29. The number of allylic oxidation sites excluding steroid dienone is 1. The molecule has 0 saturated heterocycles. The van der Waals surface area contributed by atoms with Crippen molar-refractivity contribution in [3.05, 3.63) is 65.7 Å². The van der Waals surface area contributed by atoms with E-state index in [1.54, 1.807) is 30.3 Å². The molecule has 0 unspecified atom stereocenters. The Morgan fingerprint density at radius 3 is 2.38 bits per heavy atom. The van der Waals surface area contributed by atoms with E-state index >= 15 is 0 Å². The molecule has 21 heavy (non-hydrogen) atoms. The minimum atomic E-state index is -1.02. The van der Waals surface area contributed by atoms with Crippen LogP contribution in [0.15, 0.2) is 54.6 Å². The van der Waals surface area contributed by atoms with Crippen molar-refractivity contribution in [1.29, 1.82) is 5.26 Å². The van der Waals surface area contributed by atoms with Crippen LogP contribution in [-0.4, -0.2) is 17.7 Å². The molecule has 2 rings (SSSR count). The lowest BCUT2D eigenvalue weighted by atomic mass is 10.0. The molecule has 0 atom stereocenters. The molecule has 0 spiro atoms. The largest absolute Gasteiger partial charge is 0.482 e. The van der Waals surface area contributed by atoms with Crippen molar-refractivity contribution in [3.8, 4) is 11.8 Å². The van der Waals surface area contributed by atoms with Gasteiger partial charge in [-0.15, -0.1) is 0 Å². The van der Waals surface area contributed by atoms with Crippen LogP contribution in [0, 0.1) is 11.3 Å². The summed E-state index contributed by atoms with van der Waals surface area (Å²) in [6, 6.07) is 18.5. The molecule has 2 aromatic rings. The molecule has 0 radical (unpaired) electrons. The minimum Gasteiger partial charge on any atom is -0.482 e. The third-order valence-corrected chi connectivity index (χ3v) is 2.76. The van der Waals surface area contributed by atoms with Gasteiger partial charge in [-0.1, -0.05) is 42.5 Å². The lowest BCUT2D eigenvalue weighted by Crippen LogP contribution is -2.09. The van der Waals surface area contributed by atoms with Gasteiger partial charge in [0.2, 0.25) is 0 Å². The number of aliphatic carboxylic acids is 1. The average Bonchev–Trinajstić information content (AvgIpc) is 2.52. The summed E-state index contributed by atoms with van der Waals surface area (Å²) < 4.78 is 5.05. The lowest BCUT2D eigenvalue weighted by Gasteiger charge is -2.03. The van der Waals surface area contributed by atoms with Crippen LogP contribution in [0.5, 0.6) is 5.75 Å². The van der Waals surface area contributed by atoms with Crippen LogP contribution in [0.2, 0.25) is 0 Å². The smallest absolute Gasteiger partial charge is 0.341 e. The van der Waals surface area contributed by atoms with Crippen LogP contribution in [0.1, 0.15) is 11.1 Å². The van der Waals surface area contributed by atoms with Crippen LogP contribution in [0.3, 0.4) is 0 Å². The van der Waals surface area contributed by atoms with Crippen molar-refractivity contribution in [3.63, 3.8) is 0 Å². The van der Waals surface area contributed by atoms with Crippen molar-refractivity contribution in [2.45, 2.75) is 0 Å². The Labute approximate surface area is 122 Å². The van der Waals surface area contributed by atoms with E-state index in [-0.39, 0.29) is 6.61 Å². The summed E-state index contributed by atoms with van der Waals surface area (Å²) in [6.45, 7) is -0.372. The molecule has 1 N–H and O–H groups in total. The second-order valence-electron chi connectivity index (χ2n) is 4.29. The summed E-state index contributed by atoms with van der Waals surface area (Å²) in [6.07, 6.45) is 1.77. The Morgan fingerprint density at radius 2 is 1.81 bits per heavy atom. The lowest BCUT2D eigenvalue weighted by molar-refractivity contribution is -0.139. The predicted molar refractivity (Wildman–Crippen MR) is 79.5 cm³/mol. The third-order valence-electron chi connectivity index (χ3n) is 2.76. The van der Waals surface area contributed by atoms with Crippen molar-refractivity contribution in [2.75, 3.05) is 6.61 Å². The van der Waals surface area contributed by atoms with Gasteiger partial charge < -0.3 is 9.84 Å². The molecule has 4 nitrogen and oxygen atoms in total. The fourth-order valence-electron chi connectivity index (χ4n) is 1.77. The summed E-state index contributed by atoms with van der Waals surface area (Å²) in [5.74, 6) is -0.539. The number of rotatable bonds is 5. The minimum absolute atomic E-state index is 0.372. The van der Waals surface area contributed by atoms with Gasteiger partial charge in [-0.3, -0.25) is 0 Å². The molecular formula is C17H13NO3. The van der Waals surface area contributed by atoms with Crippen LogP contribution < -0.4 is 4.74 Å². The maximum atomic E-state index is 10.4. The Balaban J connectivity index is 2.16. The molecule has 0 saturated carbocycles. The number of nitrogens with zero attached hydrogens (tertiary/aromatic N) is 1. The molecular weight excluding hydrogens is 266 g/mol. The Kier molecular flexibility index (Phi) is 4.73. The van der Waals surface area contributed by atoms with Gasteiger partial charge in [0.05, 0.1) is 11.6 Å². The highest BCUT2D eigenvalue weighted by Gasteiger charge is 2.01. The van der Waals surface area contributed by atoms with E-state index < -0.39 is 5.97 Å². The molecule has 0 bridgehead atoms. The summed E-state index contributed by atoms with van der Waals surface area (Å²) >= 11 is 0. The molecule has 104 valence electrons. The van der Waals surface area contributed by atoms with Gasteiger partial charge >= 0.3 is 5.97 Å². The summed E-state index contributed by atoms with van der Waals surface area (Å²) in [5, 5.41) is 17.8. The van der Waals surface area contributed by atoms with Crippen LogP contribution in [-0.2, 0) is 4.79 Å².